The predicted molar refractivity (Wildman–Crippen MR) is 66.0 cm³/mol. The van der Waals surface area contributed by atoms with Crippen molar-refractivity contribution < 1.29 is 23.0 Å². The molecule has 0 spiro atoms. The molecule has 1 rings (SSSR count). The molecule has 19 heavy (non-hydrogen) atoms. The van der Waals surface area contributed by atoms with Crippen LogP contribution in [0.3, 0.4) is 0 Å². The molecule has 0 amide bonds. The van der Waals surface area contributed by atoms with E-state index in [1.54, 1.807) is 14.0 Å². The number of benzene rings is 1. The van der Waals surface area contributed by atoms with Crippen molar-refractivity contribution in [3.8, 4) is 5.75 Å². The highest BCUT2D eigenvalue weighted by Crippen LogP contribution is 2.17. The molecule has 0 saturated carbocycles. The minimum absolute atomic E-state index is 0.0841. The van der Waals surface area contributed by atoms with Crippen molar-refractivity contribution in [3.63, 3.8) is 0 Å². The lowest BCUT2D eigenvalue weighted by Gasteiger charge is -2.25. The zero-order valence-corrected chi connectivity index (χ0v) is 11.1. The molecule has 0 saturated heterocycles. The molecule has 0 bridgehead atoms. The fraction of sp³-hybridized carbons (Fsp3) is 0.462. The minimum Gasteiger partial charge on any atom is -0.493 e. The second kappa shape index (κ2) is 6.47. The van der Waals surface area contributed by atoms with E-state index >= 15 is 0 Å². The van der Waals surface area contributed by atoms with Gasteiger partial charge in [0.25, 0.3) is 0 Å². The van der Waals surface area contributed by atoms with Gasteiger partial charge in [-0.05, 0) is 14.0 Å². The van der Waals surface area contributed by atoms with Gasteiger partial charge in [0.05, 0.1) is 13.7 Å². The van der Waals surface area contributed by atoms with Gasteiger partial charge in [-0.2, -0.15) is 0 Å². The Morgan fingerprint density at radius 2 is 1.89 bits per heavy atom. The zero-order valence-electron chi connectivity index (χ0n) is 11.1. The summed E-state index contributed by atoms with van der Waals surface area (Å²) < 4.78 is 35.8. The van der Waals surface area contributed by atoms with Crippen LogP contribution in [0.15, 0.2) is 18.2 Å². The van der Waals surface area contributed by atoms with Crippen LogP contribution < -0.4 is 10.1 Å². The van der Waals surface area contributed by atoms with Crippen LogP contribution in [-0.2, 0) is 9.53 Å². The maximum atomic E-state index is 12.9. The molecule has 1 unspecified atom stereocenters. The average molecular weight is 273 g/mol. The molecule has 1 aromatic carbocycles. The molecule has 106 valence electrons. The van der Waals surface area contributed by atoms with Crippen LogP contribution in [0.2, 0.25) is 0 Å². The molecule has 1 N–H and O–H groups in total. The van der Waals surface area contributed by atoms with Gasteiger partial charge in [-0.25, -0.2) is 8.78 Å². The second-order valence-electron chi connectivity index (χ2n) is 4.28. The van der Waals surface area contributed by atoms with Gasteiger partial charge in [0, 0.05) is 24.6 Å². The van der Waals surface area contributed by atoms with Crippen LogP contribution in [0.1, 0.15) is 13.3 Å². The lowest BCUT2D eigenvalue weighted by molar-refractivity contribution is -0.148. The van der Waals surface area contributed by atoms with Crippen molar-refractivity contribution in [1.82, 2.24) is 5.32 Å². The first-order chi connectivity index (χ1) is 8.91. The number of esters is 1. The van der Waals surface area contributed by atoms with E-state index in [1.807, 2.05) is 0 Å². The van der Waals surface area contributed by atoms with E-state index in [0.29, 0.717) is 6.42 Å². The van der Waals surface area contributed by atoms with Gasteiger partial charge in [0.1, 0.15) is 22.9 Å². The van der Waals surface area contributed by atoms with E-state index in [4.69, 9.17) is 4.74 Å². The summed E-state index contributed by atoms with van der Waals surface area (Å²) in [5.41, 5.74) is -0.902. The molecule has 0 aromatic heterocycles. The van der Waals surface area contributed by atoms with Crippen molar-refractivity contribution in [2.24, 2.45) is 0 Å². The molecular weight excluding hydrogens is 256 g/mol. The number of nitrogens with one attached hydrogen (secondary N) is 1. The zero-order chi connectivity index (χ0) is 14.5. The third-order valence-electron chi connectivity index (χ3n) is 2.89. The molecule has 0 aliphatic heterocycles. The number of rotatable bonds is 6. The Balaban J connectivity index is 2.59. The molecule has 4 nitrogen and oxygen atoms in total. The molecule has 0 radical (unpaired) electrons. The van der Waals surface area contributed by atoms with Crippen molar-refractivity contribution in [2.75, 3.05) is 20.8 Å². The van der Waals surface area contributed by atoms with Gasteiger partial charge in [0.2, 0.25) is 0 Å². The molecule has 0 aliphatic rings. The fourth-order valence-corrected chi connectivity index (χ4v) is 1.54. The average Bonchev–Trinajstić information content (AvgIpc) is 2.36. The summed E-state index contributed by atoms with van der Waals surface area (Å²) in [6.07, 6.45) is 0.300. The van der Waals surface area contributed by atoms with E-state index in [-0.39, 0.29) is 12.4 Å². The van der Waals surface area contributed by atoms with Crippen LogP contribution in [0.5, 0.6) is 5.75 Å². The number of hydrogen-bond acceptors (Lipinski definition) is 4. The van der Waals surface area contributed by atoms with Crippen LogP contribution >= 0.6 is 0 Å². The number of methoxy groups -OCH3 is 1. The SMILES string of the molecule is CNC(C)(CCOc1cc(F)cc(F)c1)C(=O)OC. The molecule has 1 aromatic rings. The summed E-state index contributed by atoms with van der Waals surface area (Å²) in [7, 11) is 2.92. The lowest BCUT2D eigenvalue weighted by Crippen LogP contribution is -2.49. The van der Waals surface area contributed by atoms with Crippen LogP contribution in [0.4, 0.5) is 8.78 Å². The fourth-order valence-electron chi connectivity index (χ4n) is 1.54. The molecule has 0 fully saturated rings. The van der Waals surface area contributed by atoms with Gasteiger partial charge >= 0.3 is 5.97 Å². The van der Waals surface area contributed by atoms with Gasteiger partial charge in [-0.1, -0.05) is 0 Å². The van der Waals surface area contributed by atoms with Gasteiger partial charge in [0.15, 0.2) is 0 Å². The lowest BCUT2D eigenvalue weighted by atomic mass is 9.99. The monoisotopic (exact) mass is 273 g/mol. The maximum Gasteiger partial charge on any atom is 0.325 e. The van der Waals surface area contributed by atoms with E-state index in [2.05, 4.69) is 10.1 Å². The number of hydrogen-bond donors (Lipinski definition) is 1. The predicted octanol–water partition coefficient (Wildman–Crippen LogP) is 1.88. The Labute approximate surface area is 110 Å². The Morgan fingerprint density at radius 1 is 1.32 bits per heavy atom. The Morgan fingerprint density at radius 3 is 2.37 bits per heavy atom. The first-order valence-corrected chi connectivity index (χ1v) is 5.77. The van der Waals surface area contributed by atoms with Crippen LogP contribution in [0, 0.1) is 11.6 Å². The highest BCUT2D eigenvalue weighted by molar-refractivity contribution is 5.80. The standard InChI is InChI=1S/C13H17F2NO3/c1-13(16-2,12(17)18-3)4-5-19-11-7-9(14)6-10(15)8-11/h6-8,16H,4-5H2,1-3H3. The molecule has 0 heterocycles. The normalized spacial score (nSPS) is 13.7. The number of carbonyl (C=O) groups excluding carboxylic acids is 1. The Kier molecular flexibility index (Phi) is 5.23. The summed E-state index contributed by atoms with van der Waals surface area (Å²) in [5.74, 6) is -1.76. The number of halogens is 2. The topological polar surface area (TPSA) is 47.6 Å². The third kappa shape index (κ3) is 4.17. The van der Waals surface area contributed by atoms with Gasteiger partial charge < -0.3 is 14.8 Å². The van der Waals surface area contributed by atoms with E-state index in [9.17, 15) is 13.6 Å². The van der Waals surface area contributed by atoms with Crippen LogP contribution in [-0.4, -0.2) is 32.3 Å². The third-order valence-corrected chi connectivity index (χ3v) is 2.89. The van der Waals surface area contributed by atoms with Crippen molar-refractivity contribution in [2.45, 2.75) is 18.9 Å². The smallest absolute Gasteiger partial charge is 0.325 e. The van der Waals surface area contributed by atoms with Crippen LogP contribution in [0.25, 0.3) is 0 Å². The number of likely N-dealkylation sites (N-methyl/N-ethyl adjacent to an activating group) is 1. The minimum atomic E-state index is -0.902. The summed E-state index contributed by atoms with van der Waals surface area (Å²) >= 11 is 0. The highest BCUT2D eigenvalue weighted by atomic mass is 19.1. The summed E-state index contributed by atoms with van der Waals surface area (Å²) in [6, 6.07) is 2.93. The first kappa shape index (κ1) is 15.4. The first-order valence-electron chi connectivity index (χ1n) is 5.77. The molecular formula is C13H17F2NO3. The maximum absolute atomic E-state index is 12.9. The van der Waals surface area contributed by atoms with E-state index < -0.39 is 23.1 Å². The quantitative estimate of drug-likeness (QED) is 0.804. The van der Waals surface area contributed by atoms with Gasteiger partial charge in [-0.15, -0.1) is 0 Å². The Hall–Kier alpha value is -1.69. The molecule has 6 heteroatoms. The van der Waals surface area contributed by atoms with Gasteiger partial charge in [-0.3, -0.25) is 4.79 Å². The number of ether oxygens (including phenoxy) is 2. The highest BCUT2D eigenvalue weighted by Gasteiger charge is 2.32. The van der Waals surface area contributed by atoms with Crippen molar-refractivity contribution in [3.05, 3.63) is 29.8 Å². The summed E-state index contributed by atoms with van der Waals surface area (Å²) in [4.78, 5) is 11.6. The largest absolute Gasteiger partial charge is 0.493 e. The van der Waals surface area contributed by atoms with Crippen molar-refractivity contribution in [1.29, 1.82) is 0 Å². The molecule has 1 atom stereocenters. The summed E-state index contributed by atoms with van der Waals surface area (Å²) in [5, 5.41) is 2.84. The number of carbonyl (C=O) groups is 1. The summed E-state index contributed by atoms with van der Waals surface area (Å²) in [6.45, 7) is 1.78. The second-order valence-corrected chi connectivity index (χ2v) is 4.28. The van der Waals surface area contributed by atoms with E-state index in [1.165, 1.54) is 7.11 Å². The molecule has 0 aliphatic carbocycles. The van der Waals surface area contributed by atoms with Crippen molar-refractivity contribution >= 4 is 5.97 Å². The van der Waals surface area contributed by atoms with E-state index in [0.717, 1.165) is 18.2 Å². The Bertz CT molecular complexity index is 433.